The van der Waals surface area contributed by atoms with Gasteiger partial charge in [0.05, 0.1) is 17.0 Å². The maximum Gasteiger partial charge on any atom is 0.420 e. The van der Waals surface area contributed by atoms with Crippen LogP contribution < -0.4 is 10.7 Å². The molecule has 5 rings (SSSR count). The SMILES string of the molecule is CCc1nc(Cn2c(=O)oc3cc(S(=O)(=O)N4CCN(c5ccccc5)CC4)ccc32)no1. The number of rotatable bonds is 6. The van der Waals surface area contributed by atoms with E-state index >= 15 is 0 Å². The minimum atomic E-state index is -3.73. The highest BCUT2D eigenvalue weighted by Gasteiger charge is 2.29. The molecule has 1 fully saturated rings. The fraction of sp³-hybridized carbons (Fsp3) is 0.318. The number of fused-ring (bicyclic) bond motifs is 1. The molecule has 0 radical (unpaired) electrons. The highest BCUT2D eigenvalue weighted by Crippen LogP contribution is 2.24. The van der Waals surface area contributed by atoms with Crippen molar-refractivity contribution in [1.82, 2.24) is 19.0 Å². The molecule has 0 bridgehead atoms. The lowest BCUT2D eigenvalue weighted by Crippen LogP contribution is -2.48. The lowest BCUT2D eigenvalue weighted by Gasteiger charge is -2.35. The zero-order chi connectivity index (χ0) is 23.0. The van der Waals surface area contributed by atoms with Crippen molar-refractivity contribution in [1.29, 1.82) is 0 Å². The molecule has 0 unspecified atom stereocenters. The van der Waals surface area contributed by atoms with E-state index < -0.39 is 15.8 Å². The number of sulfonamides is 1. The van der Waals surface area contributed by atoms with Gasteiger partial charge >= 0.3 is 5.76 Å². The Morgan fingerprint density at radius 3 is 2.48 bits per heavy atom. The monoisotopic (exact) mass is 469 g/mol. The molecule has 2 aromatic heterocycles. The smallest absolute Gasteiger partial charge is 0.408 e. The Morgan fingerprint density at radius 2 is 1.79 bits per heavy atom. The van der Waals surface area contributed by atoms with E-state index in [0.717, 1.165) is 5.69 Å². The molecule has 1 aliphatic heterocycles. The normalized spacial score (nSPS) is 15.4. The molecule has 3 heterocycles. The van der Waals surface area contributed by atoms with Crippen molar-refractivity contribution in [3.63, 3.8) is 0 Å². The van der Waals surface area contributed by atoms with Gasteiger partial charge in [-0.2, -0.15) is 9.29 Å². The van der Waals surface area contributed by atoms with Crippen molar-refractivity contribution in [2.24, 2.45) is 0 Å². The second-order valence-corrected chi connectivity index (χ2v) is 9.71. The number of nitrogens with zero attached hydrogens (tertiary/aromatic N) is 5. The first-order chi connectivity index (χ1) is 16.0. The second kappa shape index (κ2) is 8.49. The van der Waals surface area contributed by atoms with Crippen molar-refractivity contribution in [2.45, 2.75) is 24.8 Å². The van der Waals surface area contributed by atoms with Gasteiger partial charge in [-0.3, -0.25) is 4.57 Å². The summed E-state index contributed by atoms with van der Waals surface area (Å²) in [6.45, 7) is 3.90. The molecule has 2 aromatic carbocycles. The van der Waals surface area contributed by atoms with Crippen molar-refractivity contribution in [3.05, 3.63) is 70.8 Å². The van der Waals surface area contributed by atoms with E-state index in [0.29, 0.717) is 49.8 Å². The summed E-state index contributed by atoms with van der Waals surface area (Å²) >= 11 is 0. The molecular weight excluding hydrogens is 446 g/mol. The molecule has 0 atom stereocenters. The van der Waals surface area contributed by atoms with E-state index in [1.807, 2.05) is 37.3 Å². The van der Waals surface area contributed by atoms with Gasteiger partial charge in [0.25, 0.3) is 0 Å². The summed E-state index contributed by atoms with van der Waals surface area (Å²) in [4.78, 5) is 18.9. The van der Waals surface area contributed by atoms with Crippen LogP contribution in [0.1, 0.15) is 18.6 Å². The van der Waals surface area contributed by atoms with Gasteiger partial charge in [-0.05, 0) is 24.3 Å². The van der Waals surface area contributed by atoms with E-state index in [2.05, 4.69) is 15.0 Å². The number of para-hydroxylation sites is 1. The fourth-order valence-corrected chi connectivity index (χ4v) is 5.41. The van der Waals surface area contributed by atoms with Crippen molar-refractivity contribution in [3.8, 4) is 0 Å². The molecule has 11 heteroatoms. The fourth-order valence-electron chi connectivity index (χ4n) is 3.97. The van der Waals surface area contributed by atoms with Crippen LogP contribution in [0.3, 0.4) is 0 Å². The lowest BCUT2D eigenvalue weighted by atomic mass is 10.2. The summed E-state index contributed by atoms with van der Waals surface area (Å²) in [5, 5.41) is 3.86. The quantitative estimate of drug-likeness (QED) is 0.422. The van der Waals surface area contributed by atoms with E-state index in [4.69, 9.17) is 8.94 Å². The Kier molecular flexibility index (Phi) is 5.51. The highest BCUT2D eigenvalue weighted by atomic mass is 32.2. The molecule has 0 N–H and O–H groups in total. The van der Waals surface area contributed by atoms with Gasteiger partial charge in [0, 0.05) is 44.4 Å². The molecule has 1 aliphatic rings. The molecule has 172 valence electrons. The van der Waals surface area contributed by atoms with E-state index in [9.17, 15) is 13.2 Å². The average Bonchev–Trinajstić information content (AvgIpc) is 3.43. The molecular formula is C22H23N5O5S. The van der Waals surface area contributed by atoms with Crippen LogP contribution in [-0.4, -0.2) is 53.6 Å². The van der Waals surface area contributed by atoms with Gasteiger partial charge in [0.1, 0.15) is 0 Å². The van der Waals surface area contributed by atoms with Crippen LogP contribution >= 0.6 is 0 Å². The number of anilines is 1. The zero-order valence-corrected chi connectivity index (χ0v) is 18.9. The Bertz CT molecular complexity index is 1430. The zero-order valence-electron chi connectivity index (χ0n) is 18.0. The molecule has 33 heavy (non-hydrogen) atoms. The first kappa shape index (κ1) is 21.4. The van der Waals surface area contributed by atoms with E-state index in [1.165, 1.54) is 21.0 Å². The van der Waals surface area contributed by atoms with Crippen LogP contribution in [0.25, 0.3) is 11.1 Å². The predicted molar refractivity (Wildman–Crippen MR) is 121 cm³/mol. The largest absolute Gasteiger partial charge is 0.420 e. The number of oxazole rings is 1. The third-order valence-corrected chi connectivity index (χ3v) is 7.64. The molecule has 4 aromatic rings. The first-order valence-corrected chi connectivity index (χ1v) is 12.1. The molecule has 0 aliphatic carbocycles. The minimum absolute atomic E-state index is 0.0723. The third-order valence-electron chi connectivity index (χ3n) is 5.75. The number of aryl methyl sites for hydroxylation is 1. The van der Waals surface area contributed by atoms with Crippen LogP contribution in [0.4, 0.5) is 5.69 Å². The van der Waals surface area contributed by atoms with Crippen molar-refractivity contribution in [2.75, 3.05) is 31.1 Å². The minimum Gasteiger partial charge on any atom is -0.408 e. The number of benzene rings is 2. The van der Waals surface area contributed by atoms with Crippen molar-refractivity contribution < 1.29 is 17.4 Å². The van der Waals surface area contributed by atoms with Crippen LogP contribution in [0.2, 0.25) is 0 Å². The van der Waals surface area contributed by atoms with Gasteiger partial charge in [0.2, 0.25) is 15.9 Å². The summed E-state index contributed by atoms with van der Waals surface area (Å²) in [5.74, 6) is 0.218. The third kappa shape index (κ3) is 4.05. The molecule has 10 nitrogen and oxygen atoms in total. The van der Waals surface area contributed by atoms with Crippen LogP contribution in [0, 0.1) is 0 Å². The summed E-state index contributed by atoms with van der Waals surface area (Å²) in [6.07, 6.45) is 0.592. The Labute approximate surface area is 190 Å². The average molecular weight is 470 g/mol. The summed E-state index contributed by atoms with van der Waals surface area (Å²) < 4.78 is 39.7. The number of hydrogen-bond donors (Lipinski definition) is 0. The van der Waals surface area contributed by atoms with Crippen LogP contribution in [0.5, 0.6) is 0 Å². The van der Waals surface area contributed by atoms with Crippen LogP contribution in [0.15, 0.2) is 67.2 Å². The van der Waals surface area contributed by atoms with Gasteiger partial charge in [-0.15, -0.1) is 0 Å². The topological polar surface area (TPSA) is 115 Å². The first-order valence-electron chi connectivity index (χ1n) is 10.7. The summed E-state index contributed by atoms with van der Waals surface area (Å²) in [5.41, 5.74) is 1.74. The molecule has 1 saturated heterocycles. The van der Waals surface area contributed by atoms with E-state index in [1.54, 1.807) is 6.07 Å². The lowest BCUT2D eigenvalue weighted by molar-refractivity contribution is 0.375. The predicted octanol–water partition coefficient (Wildman–Crippen LogP) is 2.10. The summed E-state index contributed by atoms with van der Waals surface area (Å²) in [6, 6.07) is 14.4. The molecule has 0 amide bonds. The highest BCUT2D eigenvalue weighted by molar-refractivity contribution is 7.89. The number of aromatic nitrogens is 3. The number of piperazine rings is 1. The molecule has 0 spiro atoms. The maximum atomic E-state index is 13.2. The maximum absolute atomic E-state index is 13.2. The van der Waals surface area contributed by atoms with Crippen molar-refractivity contribution >= 4 is 26.8 Å². The van der Waals surface area contributed by atoms with Crippen LogP contribution in [-0.2, 0) is 23.0 Å². The second-order valence-electron chi connectivity index (χ2n) is 7.77. The van der Waals surface area contributed by atoms with Gasteiger partial charge < -0.3 is 13.8 Å². The van der Waals surface area contributed by atoms with Gasteiger partial charge in [-0.25, -0.2) is 13.2 Å². The van der Waals surface area contributed by atoms with E-state index in [-0.39, 0.29) is 17.0 Å². The Balaban J connectivity index is 1.37. The standard InChI is InChI=1S/C22H23N5O5S/c1-2-21-23-20(24-32-21)15-27-18-9-8-17(14-19(18)31-22(27)28)33(29,30)26-12-10-25(11-13-26)16-6-4-3-5-7-16/h3-9,14H,2,10-13,15H2,1H3. The summed E-state index contributed by atoms with van der Waals surface area (Å²) in [7, 11) is -3.73. The number of hydrogen-bond acceptors (Lipinski definition) is 8. The Morgan fingerprint density at radius 1 is 1.03 bits per heavy atom. The van der Waals surface area contributed by atoms with Gasteiger partial charge in [0.15, 0.2) is 11.4 Å². The Hall–Kier alpha value is -3.44. The molecule has 0 saturated carbocycles. The van der Waals surface area contributed by atoms with Gasteiger partial charge in [-0.1, -0.05) is 30.3 Å².